The highest BCUT2D eigenvalue weighted by molar-refractivity contribution is 4.76. The van der Waals surface area contributed by atoms with Gasteiger partial charge in [0.25, 0.3) is 0 Å². The fourth-order valence-corrected chi connectivity index (χ4v) is 2.06. The van der Waals surface area contributed by atoms with Crippen molar-refractivity contribution < 1.29 is 0 Å². The molecule has 1 unspecified atom stereocenters. The minimum Gasteiger partial charge on any atom is -0.330 e. The smallest absolute Gasteiger partial charge is 0.0218 e. The monoisotopic (exact) mass is 199 g/mol. The molecule has 1 aliphatic rings. The molecule has 1 aliphatic heterocycles. The van der Waals surface area contributed by atoms with E-state index in [0.29, 0.717) is 0 Å². The van der Waals surface area contributed by atoms with Gasteiger partial charge in [0, 0.05) is 25.7 Å². The number of unbranched alkanes of at least 4 members (excludes halogenated alkanes) is 3. The summed E-state index contributed by atoms with van der Waals surface area (Å²) in [5.41, 5.74) is 5.46. The summed E-state index contributed by atoms with van der Waals surface area (Å²) in [5.74, 6) is 0. The van der Waals surface area contributed by atoms with Crippen LogP contribution in [-0.2, 0) is 0 Å². The van der Waals surface area contributed by atoms with E-state index in [1.54, 1.807) is 0 Å². The summed E-state index contributed by atoms with van der Waals surface area (Å²) in [6.07, 6.45) is 6.55. The molecule has 1 heterocycles. The molecule has 0 bridgehead atoms. The molecule has 84 valence electrons. The fourth-order valence-electron chi connectivity index (χ4n) is 2.06. The van der Waals surface area contributed by atoms with Gasteiger partial charge in [0.05, 0.1) is 0 Å². The van der Waals surface area contributed by atoms with Gasteiger partial charge in [-0.2, -0.15) is 0 Å². The lowest BCUT2D eigenvalue weighted by Gasteiger charge is -2.33. The molecule has 0 spiro atoms. The van der Waals surface area contributed by atoms with Crippen LogP contribution in [0.15, 0.2) is 0 Å². The average molecular weight is 199 g/mol. The lowest BCUT2D eigenvalue weighted by atomic mass is 10.0. The standard InChI is InChI=1S/C11H25N3/c1-14-9-8-13-10-11(14)6-4-2-3-5-7-12/h11,13H,2-10,12H2,1H3. The number of rotatable bonds is 6. The number of nitrogens with two attached hydrogens (primary N) is 1. The van der Waals surface area contributed by atoms with Crippen molar-refractivity contribution in [1.82, 2.24) is 10.2 Å². The van der Waals surface area contributed by atoms with Crippen LogP contribution < -0.4 is 11.1 Å². The molecule has 1 rings (SSSR count). The van der Waals surface area contributed by atoms with Gasteiger partial charge < -0.3 is 16.0 Å². The van der Waals surface area contributed by atoms with E-state index >= 15 is 0 Å². The Hall–Kier alpha value is -0.120. The molecule has 0 radical (unpaired) electrons. The Labute approximate surface area is 88.0 Å². The summed E-state index contributed by atoms with van der Waals surface area (Å²) < 4.78 is 0. The van der Waals surface area contributed by atoms with Crippen LogP contribution in [0.3, 0.4) is 0 Å². The predicted octanol–water partition coefficient (Wildman–Crippen LogP) is 0.799. The van der Waals surface area contributed by atoms with E-state index in [0.717, 1.165) is 19.1 Å². The van der Waals surface area contributed by atoms with Gasteiger partial charge in [0.1, 0.15) is 0 Å². The Balaban J connectivity index is 1.99. The van der Waals surface area contributed by atoms with Gasteiger partial charge in [0.15, 0.2) is 0 Å². The first-order valence-electron chi connectivity index (χ1n) is 5.95. The van der Waals surface area contributed by atoms with Gasteiger partial charge in [-0.3, -0.25) is 0 Å². The van der Waals surface area contributed by atoms with Crippen LogP contribution in [0.2, 0.25) is 0 Å². The van der Waals surface area contributed by atoms with Crippen LogP contribution >= 0.6 is 0 Å². The largest absolute Gasteiger partial charge is 0.330 e. The summed E-state index contributed by atoms with van der Waals surface area (Å²) in [7, 11) is 2.24. The Morgan fingerprint density at radius 2 is 2.07 bits per heavy atom. The SMILES string of the molecule is CN1CCNCC1CCCCCCN. The van der Waals surface area contributed by atoms with Crippen molar-refractivity contribution in [3.8, 4) is 0 Å². The van der Waals surface area contributed by atoms with Crippen molar-refractivity contribution in [2.75, 3.05) is 33.2 Å². The second kappa shape index (κ2) is 7.21. The zero-order valence-corrected chi connectivity index (χ0v) is 9.47. The van der Waals surface area contributed by atoms with Gasteiger partial charge in [0.2, 0.25) is 0 Å². The zero-order valence-electron chi connectivity index (χ0n) is 9.47. The summed E-state index contributed by atoms with van der Waals surface area (Å²) in [6.45, 7) is 4.38. The Morgan fingerprint density at radius 3 is 2.79 bits per heavy atom. The molecule has 0 aromatic carbocycles. The minimum absolute atomic E-state index is 0.765. The Kier molecular flexibility index (Phi) is 6.15. The van der Waals surface area contributed by atoms with Crippen LogP contribution in [-0.4, -0.2) is 44.2 Å². The lowest BCUT2D eigenvalue weighted by Crippen LogP contribution is -2.49. The molecule has 3 N–H and O–H groups in total. The summed E-state index contributed by atoms with van der Waals surface area (Å²) in [4.78, 5) is 2.49. The van der Waals surface area contributed by atoms with Gasteiger partial charge in [-0.25, -0.2) is 0 Å². The van der Waals surface area contributed by atoms with E-state index in [9.17, 15) is 0 Å². The van der Waals surface area contributed by atoms with Crippen molar-refractivity contribution in [3.05, 3.63) is 0 Å². The normalized spacial score (nSPS) is 24.0. The molecule has 0 aliphatic carbocycles. The third-order valence-corrected chi connectivity index (χ3v) is 3.14. The summed E-state index contributed by atoms with van der Waals surface area (Å²) in [6, 6.07) is 0.765. The molecule has 0 aromatic heterocycles. The Bertz CT molecular complexity index is 138. The molecule has 14 heavy (non-hydrogen) atoms. The minimum atomic E-state index is 0.765. The van der Waals surface area contributed by atoms with Gasteiger partial charge in [-0.15, -0.1) is 0 Å². The predicted molar refractivity (Wildman–Crippen MR) is 61.4 cm³/mol. The molecular weight excluding hydrogens is 174 g/mol. The van der Waals surface area contributed by atoms with Gasteiger partial charge in [-0.1, -0.05) is 19.3 Å². The highest BCUT2D eigenvalue weighted by Crippen LogP contribution is 2.10. The molecule has 3 nitrogen and oxygen atoms in total. The summed E-state index contributed by atoms with van der Waals surface area (Å²) >= 11 is 0. The third kappa shape index (κ3) is 4.40. The topological polar surface area (TPSA) is 41.3 Å². The fraction of sp³-hybridized carbons (Fsp3) is 1.00. The van der Waals surface area contributed by atoms with Crippen molar-refractivity contribution >= 4 is 0 Å². The first kappa shape index (κ1) is 12.0. The maximum atomic E-state index is 5.46. The quantitative estimate of drug-likeness (QED) is 0.622. The highest BCUT2D eigenvalue weighted by atomic mass is 15.2. The molecule has 0 amide bonds. The van der Waals surface area contributed by atoms with E-state index in [1.807, 2.05) is 0 Å². The van der Waals surface area contributed by atoms with E-state index in [2.05, 4.69) is 17.3 Å². The number of piperazine rings is 1. The van der Waals surface area contributed by atoms with Crippen LogP contribution in [0.4, 0.5) is 0 Å². The second-order valence-corrected chi connectivity index (χ2v) is 4.33. The van der Waals surface area contributed by atoms with Crippen LogP contribution in [0.5, 0.6) is 0 Å². The van der Waals surface area contributed by atoms with Crippen molar-refractivity contribution in [3.63, 3.8) is 0 Å². The molecule has 1 fully saturated rings. The summed E-state index contributed by atoms with van der Waals surface area (Å²) in [5, 5.41) is 3.46. The van der Waals surface area contributed by atoms with Crippen molar-refractivity contribution in [1.29, 1.82) is 0 Å². The number of likely N-dealkylation sites (N-methyl/N-ethyl adjacent to an activating group) is 1. The van der Waals surface area contributed by atoms with Crippen LogP contribution in [0, 0.1) is 0 Å². The van der Waals surface area contributed by atoms with Crippen molar-refractivity contribution in [2.45, 2.75) is 38.1 Å². The first-order valence-corrected chi connectivity index (χ1v) is 5.95. The Morgan fingerprint density at radius 1 is 1.29 bits per heavy atom. The second-order valence-electron chi connectivity index (χ2n) is 4.33. The third-order valence-electron chi connectivity index (χ3n) is 3.14. The van der Waals surface area contributed by atoms with Gasteiger partial charge in [-0.05, 0) is 26.4 Å². The zero-order chi connectivity index (χ0) is 10.2. The first-order chi connectivity index (χ1) is 6.84. The number of hydrogen-bond acceptors (Lipinski definition) is 3. The van der Waals surface area contributed by atoms with Crippen LogP contribution in [0.1, 0.15) is 32.1 Å². The highest BCUT2D eigenvalue weighted by Gasteiger charge is 2.17. The van der Waals surface area contributed by atoms with E-state index in [-0.39, 0.29) is 0 Å². The van der Waals surface area contributed by atoms with Gasteiger partial charge >= 0.3 is 0 Å². The van der Waals surface area contributed by atoms with Crippen LogP contribution in [0.25, 0.3) is 0 Å². The lowest BCUT2D eigenvalue weighted by molar-refractivity contribution is 0.187. The molecule has 3 heteroatoms. The van der Waals surface area contributed by atoms with E-state index in [1.165, 1.54) is 45.2 Å². The number of nitrogens with zero attached hydrogens (tertiary/aromatic N) is 1. The van der Waals surface area contributed by atoms with E-state index in [4.69, 9.17) is 5.73 Å². The molecular formula is C11H25N3. The number of hydrogen-bond donors (Lipinski definition) is 2. The average Bonchev–Trinajstić information content (AvgIpc) is 2.20. The molecule has 0 saturated carbocycles. The molecule has 1 atom stereocenters. The molecule has 0 aromatic rings. The maximum absolute atomic E-state index is 5.46. The maximum Gasteiger partial charge on any atom is 0.0218 e. The number of nitrogens with one attached hydrogen (secondary N) is 1. The van der Waals surface area contributed by atoms with E-state index < -0.39 is 0 Å². The molecule has 1 saturated heterocycles. The van der Waals surface area contributed by atoms with Crippen molar-refractivity contribution in [2.24, 2.45) is 5.73 Å².